The van der Waals surface area contributed by atoms with Gasteiger partial charge in [-0.05, 0) is 58.4 Å². The molecule has 0 bridgehead atoms. The summed E-state index contributed by atoms with van der Waals surface area (Å²) in [5.74, 6) is 0.768. The van der Waals surface area contributed by atoms with E-state index in [1.54, 1.807) is 18.2 Å². The number of nitrogens with zero attached hydrogens (tertiary/aromatic N) is 2. The molecule has 0 atom stereocenters. The summed E-state index contributed by atoms with van der Waals surface area (Å²) < 4.78 is 10.8. The predicted molar refractivity (Wildman–Crippen MR) is 103 cm³/mol. The molecule has 0 fully saturated rings. The van der Waals surface area contributed by atoms with Gasteiger partial charge in [-0.25, -0.2) is 9.80 Å². The van der Waals surface area contributed by atoms with Crippen LogP contribution >= 0.6 is 0 Å². The number of amides is 1. The first-order valence-electron chi connectivity index (χ1n) is 8.46. The van der Waals surface area contributed by atoms with Gasteiger partial charge < -0.3 is 9.47 Å². The number of rotatable bonds is 8. The minimum Gasteiger partial charge on any atom is -0.497 e. The Hall–Kier alpha value is -2.43. The Morgan fingerprint density at radius 3 is 2.36 bits per heavy atom. The van der Waals surface area contributed by atoms with Crippen LogP contribution in [0.15, 0.2) is 49.1 Å². The van der Waals surface area contributed by atoms with E-state index in [1.165, 1.54) is 0 Å². The predicted octanol–water partition coefficient (Wildman–Crippen LogP) is 4.81. The van der Waals surface area contributed by atoms with Crippen LogP contribution in [0.5, 0.6) is 5.75 Å². The normalized spacial score (nSPS) is 11.2. The summed E-state index contributed by atoms with van der Waals surface area (Å²) in [5.41, 5.74) is 0.323. The largest absolute Gasteiger partial charge is 0.497 e. The number of benzene rings is 1. The first kappa shape index (κ1) is 20.6. The van der Waals surface area contributed by atoms with Crippen molar-refractivity contribution < 1.29 is 14.3 Å². The molecule has 0 aromatic heterocycles. The lowest BCUT2D eigenvalue weighted by atomic mass is 10.2. The number of anilines is 1. The summed E-state index contributed by atoms with van der Waals surface area (Å²) in [4.78, 5) is 12.7. The molecule has 138 valence electrons. The van der Waals surface area contributed by atoms with E-state index in [-0.39, 0.29) is 0 Å². The van der Waals surface area contributed by atoms with Crippen molar-refractivity contribution in [2.75, 3.05) is 25.2 Å². The molecule has 1 aromatic rings. The van der Waals surface area contributed by atoms with Crippen molar-refractivity contribution in [3.8, 4) is 5.75 Å². The maximum Gasteiger partial charge on any atom is 0.429 e. The van der Waals surface area contributed by atoms with E-state index in [4.69, 9.17) is 9.47 Å². The summed E-state index contributed by atoms with van der Waals surface area (Å²) in [6, 6.07) is 7.60. The molecule has 25 heavy (non-hydrogen) atoms. The molecule has 0 aliphatic rings. The standard InChI is InChI=1S/C20H30N2O3/c1-7-9-10-16-21(17-11-13-18(24-6)14-12-17)22(15-8-2)19(23)25-20(3,4)5/h7-9,11-14H,2,10,15-16H2,1,3-6H3. The molecular weight excluding hydrogens is 316 g/mol. The van der Waals surface area contributed by atoms with Gasteiger partial charge in [0.2, 0.25) is 0 Å². The number of carbonyl (C=O) groups is 1. The third kappa shape index (κ3) is 6.91. The van der Waals surface area contributed by atoms with Crippen LogP contribution in [0.4, 0.5) is 10.5 Å². The molecule has 1 aromatic carbocycles. The highest BCUT2D eigenvalue weighted by atomic mass is 16.6. The fraction of sp³-hybridized carbons (Fsp3) is 0.450. The second-order valence-corrected chi connectivity index (χ2v) is 6.53. The Morgan fingerprint density at radius 1 is 1.24 bits per heavy atom. The van der Waals surface area contributed by atoms with Gasteiger partial charge in [-0.3, -0.25) is 5.01 Å². The van der Waals surface area contributed by atoms with Gasteiger partial charge in [0.15, 0.2) is 0 Å². The minimum atomic E-state index is -0.564. The number of hydrazine groups is 1. The van der Waals surface area contributed by atoms with Gasteiger partial charge in [-0.1, -0.05) is 18.2 Å². The Kier molecular flexibility index (Phi) is 8.05. The van der Waals surface area contributed by atoms with E-state index < -0.39 is 11.7 Å². The summed E-state index contributed by atoms with van der Waals surface area (Å²) in [7, 11) is 1.63. The Morgan fingerprint density at radius 2 is 1.88 bits per heavy atom. The van der Waals surface area contributed by atoms with Crippen molar-refractivity contribution in [1.82, 2.24) is 5.01 Å². The van der Waals surface area contributed by atoms with Gasteiger partial charge in [-0.2, -0.15) is 0 Å². The first-order valence-corrected chi connectivity index (χ1v) is 8.46. The topological polar surface area (TPSA) is 42.0 Å². The number of carbonyl (C=O) groups excluding carboxylic acids is 1. The van der Waals surface area contributed by atoms with Gasteiger partial charge in [0.25, 0.3) is 0 Å². The van der Waals surface area contributed by atoms with E-state index in [0.29, 0.717) is 13.1 Å². The molecule has 0 unspecified atom stereocenters. The molecule has 0 aliphatic heterocycles. The zero-order chi connectivity index (χ0) is 18.9. The molecule has 5 nitrogen and oxygen atoms in total. The van der Waals surface area contributed by atoms with Gasteiger partial charge >= 0.3 is 6.09 Å². The summed E-state index contributed by atoms with van der Waals surface area (Å²) >= 11 is 0. The van der Waals surface area contributed by atoms with Crippen LogP contribution in [0.2, 0.25) is 0 Å². The number of ether oxygens (including phenoxy) is 2. The van der Waals surface area contributed by atoms with Crippen LogP contribution in [0, 0.1) is 0 Å². The smallest absolute Gasteiger partial charge is 0.429 e. The SMILES string of the molecule is C=CCN(C(=O)OC(C)(C)C)N(CCC=CC)c1ccc(OC)cc1. The second-order valence-electron chi connectivity index (χ2n) is 6.53. The molecule has 0 heterocycles. The van der Waals surface area contributed by atoms with Crippen molar-refractivity contribution in [2.24, 2.45) is 0 Å². The van der Waals surface area contributed by atoms with Crippen LogP contribution in [0.25, 0.3) is 0 Å². The zero-order valence-corrected chi connectivity index (χ0v) is 16.0. The van der Waals surface area contributed by atoms with Crippen LogP contribution in [0.3, 0.4) is 0 Å². The summed E-state index contributed by atoms with van der Waals surface area (Å²) in [5, 5.41) is 3.48. The molecule has 0 spiro atoms. The highest BCUT2D eigenvalue weighted by Crippen LogP contribution is 2.23. The first-order chi connectivity index (χ1) is 11.8. The van der Waals surface area contributed by atoms with E-state index in [9.17, 15) is 4.79 Å². The molecule has 0 N–H and O–H groups in total. The highest BCUT2D eigenvalue weighted by molar-refractivity contribution is 5.71. The van der Waals surface area contributed by atoms with Crippen molar-refractivity contribution in [1.29, 1.82) is 0 Å². The minimum absolute atomic E-state index is 0.358. The molecule has 0 radical (unpaired) electrons. The fourth-order valence-corrected chi connectivity index (χ4v) is 2.22. The van der Waals surface area contributed by atoms with Crippen LogP contribution in [-0.2, 0) is 4.74 Å². The third-order valence-electron chi connectivity index (χ3n) is 3.31. The molecule has 0 saturated carbocycles. The zero-order valence-electron chi connectivity index (χ0n) is 16.0. The van der Waals surface area contributed by atoms with Crippen LogP contribution in [-0.4, -0.2) is 36.9 Å². The molecular formula is C20H30N2O3. The van der Waals surface area contributed by atoms with Gasteiger partial charge in [0.1, 0.15) is 11.4 Å². The molecule has 0 aliphatic carbocycles. The second kappa shape index (κ2) is 9.77. The number of methoxy groups -OCH3 is 1. The lowest BCUT2D eigenvalue weighted by Gasteiger charge is -2.36. The average Bonchev–Trinajstić information content (AvgIpc) is 2.56. The van der Waals surface area contributed by atoms with Crippen molar-refractivity contribution in [3.05, 3.63) is 49.1 Å². The summed E-state index contributed by atoms with van der Waals surface area (Å²) in [6.45, 7) is 12.3. The molecule has 1 rings (SSSR count). The number of hydrogen-bond donors (Lipinski definition) is 0. The van der Waals surface area contributed by atoms with Crippen molar-refractivity contribution in [3.63, 3.8) is 0 Å². The van der Waals surface area contributed by atoms with Crippen LogP contribution in [0.1, 0.15) is 34.1 Å². The third-order valence-corrected chi connectivity index (χ3v) is 3.31. The van der Waals surface area contributed by atoms with E-state index in [2.05, 4.69) is 12.7 Å². The Bertz CT molecular complexity index is 574. The van der Waals surface area contributed by atoms with E-state index in [0.717, 1.165) is 17.9 Å². The van der Waals surface area contributed by atoms with E-state index in [1.807, 2.05) is 63.0 Å². The van der Waals surface area contributed by atoms with E-state index >= 15 is 0 Å². The fourth-order valence-electron chi connectivity index (χ4n) is 2.22. The van der Waals surface area contributed by atoms with Gasteiger partial charge in [-0.15, -0.1) is 6.58 Å². The quantitative estimate of drug-likeness (QED) is 0.500. The lowest BCUT2D eigenvalue weighted by molar-refractivity contribution is 0.0248. The van der Waals surface area contributed by atoms with Gasteiger partial charge in [0.05, 0.1) is 19.3 Å². The Balaban J connectivity index is 3.13. The lowest BCUT2D eigenvalue weighted by Crippen LogP contribution is -2.49. The Labute approximate surface area is 151 Å². The van der Waals surface area contributed by atoms with Crippen molar-refractivity contribution >= 4 is 11.8 Å². The number of hydrogen-bond acceptors (Lipinski definition) is 4. The maximum atomic E-state index is 12.7. The maximum absolute atomic E-state index is 12.7. The molecule has 1 amide bonds. The monoisotopic (exact) mass is 346 g/mol. The number of allylic oxidation sites excluding steroid dienone is 1. The highest BCUT2D eigenvalue weighted by Gasteiger charge is 2.26. The molecule has 0 saturated heterocycles. The average molecular weight is 346 g/mol. The summed E-state index contributed by atoms with van der Waals surface area (Å²) in [6.07, 6.45) is 6.16. The van der Waals surface area contributed by atoms with Gasteiger partial charge in [0, 0.05) is 6.54 Å². The van der Waals surface area contributed by atoms with Crippen molar-refractivity contribution in [2.45, 2.75) is 39.7 Å². The molecule has 5 heteroatoms. The van der Waals surface area contributed by atoms with Crippen LogP contribution < -0.4 is 9.75 Å².